The number of fused-ring (bicyclic) bond motifs is 1. The number of halogens is 3. The third-order valence-electron chi connectivity index (χ3n) is 3.80. The maximum atomic E-state index is 14.8. The third-order valence-corrected chi connectivity index (χ3v) is 3.80. The van der Waals surface area contributed by atoms with Gasteiger partial charge in [0.15, 0.2) is 17.2 Å². The number of hydrogen-bond acceptors (Lipinski definition) is 4. The van der Waals surface area contributed by atoms with Gasteiger partial charge < -0.3 is 14.4 Å². The van der Waals surface area contributed by atoms with Crippen molar-refractivity contribution in [1.82, 2.24) is 9.55 Å². The van der Waals surface area contributed by atoms with Crippen LogP contribution in [0.1, 0.15) is 16.1 Å². The number of ether oxygens (including phenoxy) is 1. The van der Waals surface area contributed by atoms with E-state index in [1.54, 1.807) is 12.1 Å². The first-order valence-corrected chi connectivity index (χ1v) is 7.28. The summed E-state index contributed by atoms with van der Waals surface area (Å²) in [6.07, 6.45) is 1.42. The van der Waals surface area contributed by atoms with Crippen molar-refractivity contribution >= 4 is 16.9 Å². The lowest BCUT2D eigenvalue weighted by Crippen LogP contribution is -2.25. The minimum atomic E-state index is -1.90. The number of carbonyl (C=O) groups is 1. The number of hydrogen-bond donors (Lipinski definition) is 1. The predicted molar refractivity (Wildman–Crippen MR) is 84.9 cm³/mol. The molecular formula is C17H11F3N2O4. The quantitative estimate of drug-likeness (QED) is 0.720. The highest BCUT2D eigenvalue weighted by Gasteiger charge is 2.28. The number of carboxylic acids is 1. The standard InChI is InChI=1S/C17H11F3N2O4/c1-26-10-6-9(18)13(19)11-14(10)22(7-8-4-2-3-5-21-8)16(20)12(15(11)23)17(24)25/h2-6H,7H2,1H3,(H,24,25). The minimum absolute atomic E-state index is 0.305. The Morgan fingerprint density at radius 1 is 1.31 bits per heavy atom. The number of pyridine rings is 2. The molecule has 0 unspecified atom stereocenters. The summed E-state index contributed by atoms with van der Waals surface area (Å²) in [7, 11) is 1.13. The Morgan fingerprint density at radius 3 is 2.62 bits per heavy atom. The molecule has 1 N–H and O–H groups in total. The number of rotatable bonds is 4. The summed E-state index contributed by atoms with van der Waals surface area (Å²) in [5.41, 5.74) is -2.86. The van der Waals surface area contributed by atoms with Crippen molar-refractivity contribution < 1.29 is 27.8 Å². The predicted octanol–water partition coefficient (Wildman–Crippen LogP) is 2.57. The van der Waals surface area contributed by atoms with E-state index in [-0.39, 0.29) is 12.3 Å². The van der Waals surface area contributed by atoms with Gasteiger partial charge in [0.05, 0.1) is 24.7 Å². The lowest BCUT2D eigenvalue weighted by molar-refractivity contribution is 0.0688. The van der Waals surface area contributed by atoms with E-state index in [1.807, 2.05) is 0 Å². The highest BCUT2D eigenvalue weighted by atomic mass is 19.2. The first-order chi connectivity index (χ1) is 12.4. The molecule has 0 amide bonds. The highest BCUT2D eigenvalue weighted by molar-refractivity contribution is 5.95. The summed E-state index contributed by atoms with van der Waals surface area (Å²) in [6, 6.07) is 5.41. The molecule has 0 aliphatic carbocycles. The second-order valence-electron chi connectivity index (χ2n) is 5.31. The van der Waals surface area contributed by atoms with Crippen LogP contribution in [0.25, 0.3) is 10.9 Å². The Kier molecular flexibility index (Phi) is 4.37. The molecule has 0 aliphatic rings. The van der Waals surface area contributed by atoms with Crippen LogP contribution in [0.2, 0.25) is 0 Å². The van der Waals surface area contributed by atoms with Crippen LogP contribution >= 0.6 is 0 Å². The van der Waals surface area contributed by atoms with Crippen molar-refractivity contribution in [3.63, 3.8) is 0 Å². The van der Waals surface area contributed by atoms with E-state index in [0.717, 1.165) is 11.7 Å². The van der Waals surface area contributed by atoms with Crippen molar-refractivity contribution in [3.05, 3.63) is 69.5 Å². The van der Waals surface area contributed by atoms with E-state index in [2.05, 4.69) is 4.98 Å². The summed E-state index contributed by atoms with van der Waals surface area (Å²) in [6.45, 7) is -0.328. The summed E-state index contributed by atoms with van der Waals surface area (Å²) < 4.78 is 48.6. The van der Waals surface area contributed by atoms with Crippen LogP contribution in [0.4, 0.5) is 13.2 Å². The molecule has 3 aromatic rings. The average molecular weight is 364 g/mol. The fourth-order valence-electron chi connectivity index (χ4n) is 2.66. The molecule has 0 radical (unpaired) electrons. The number of benzene rings is 1. The summed E-state index contributed by atoms with van der Waals surface area (Å²) >= 11 is 0. The van der Waals surface area contributed by atoms with Crippen LogP contribution in [0, 0.1) is 17.6 Å². The monoisotopic (exact) mass is 364 g/mol. The van der Waals surface area contributed by atoms with Crippen molar-refractivity contribution in [3.8, 4) is 5.75 Å². The van der Waals surface area contributed by atoms with Crippen molar-refractivity contribution in [2.45, 2.75) is 6.54 Å². The number of carboxylic acid groups (broad SMARTS) is 1. The molecule has 1 aromatic carbocycles. The van der Waals surface area contributed by atoms with Gasteiger partial charge in [-0.3, -0.25) is 9.78 Å². The van der Waals surface area contributed by atoms with Crippen LogP contribution in [0.5, 0.6) is 5.75 Å². The Labute approximate surface area is 144 Å². The number of methoxy groups -OCH3 is 1. The van der Waals surface area contributed by atoms with Gasteiger partial charge in [-0.25, -0.2) is 13.6 Å². The summed E-state index contributed by atoms with van der Waals surface area (Å²) in [4.78, 5) is 27.6. The molecule has 134 valence electrons. The van der Waals surface area contributed by atoms with Gasteiger partial charge in [-0.1, -0.05) is 6.07 Å². The van der Waals surface area contributed by atoms with E-state index in [1.165, 1.54) is 12.3 Å². The highest BCUT2D eigenvalue weighted by Crippen LogP contribution is 2.30. The van der Waals surface area contributed by atoms with E-state index in [9.17, 15) is 22.8 Å². The number of aromatic nitrogens is 2. The molecule has 0 saturated heterocycles. The van der Waals surface area contributed by atoms with Crippen molar-refractivity contribution in [2.75, 3.05) is 7.11 Å². The fraction of sp³-hybridized carbons (Fsp3) is 0.118. The number of aromatic carboxylic acids is 1. The first-order valence-electron chi connectivity index (χ1n) is 7.28. The molecule has 0 bridgehead atoms. The molecule has 2 heterocycles. The Bertz CT molecular complexity index is 1080. The molecular weight excluding hydrogens is 353 g/mol. The zero-order valence-corrected chi connectivity index (χ0v) is 13.3. The number of nitrogens with zero attached hydrogens (tertiary/aromatic N) is 2. The van der Waals surface area contributed by atoms with Crippen LogP contribution in [-0.4, -0.2) is 27.7 Å². The van der Waals surface area contributed by atoms with Crippen LogP contribution < -0.4 is 10.2 Å². The van der Waals surface area contributed by atoms with E-state index < -0.39 is 45.4 Å². The van der Waals surface area contributed by atoms with Gasteiger partial charge in [0, 0.05) is 12.3 Å². The molecule has 0 spiro atoms. The second-order valence-corrected chi connectivity index (χ2v) is 5.31. The Hall–Kier alpha value is -3.36. The normalized spacial score (nSPS) is 10.9. The van der Waals surface area contributed by atoms with Gasteiger partial charge in [0.1, 0.15) is 11.3 Å². The third kappa shape index (κ3) is 2.67. The van der Waals surface area contributed by atoms with Gasteiger partial charge in [-0.2, -0.15) is 4.39 Å². The SMILES string of the molecule is COc1cc(F)c(F)c2c(=O)c(C(=O)O)c(F)n(Cc3ccccn3)c12. The van der Waals surface area contributed by atoms with E-state index >= 15 is 0 Å². The molecule has 26 heavy (non-hydrogen) atoms. The maximum Gasteiger partial charge on any atom is 0.344 e. The first kappa shape index (κ1) is 17.5. The molecule has 0 fully saturated rings. The molecule has 9 heteroatoms. The lowest BCUT2D eigenvalue weighted by atomic mass is 10.1. The summed E-state index contributed by atoms with van der Waals surface area (Å²) in [5.74, 6) is -6.62. The van der Waals surface area contributed by atoms with Crippen molar-refractivity contribution in [2.24, 2.45) is 0 Å². The van der Waals surface area contributed by atoms with E-state index in [4.69, 9.17) is 9.84 Å². The van der Waals surface area contributed by atoms with Crippen LogP contribution in [0.3, 0.4) is 0 Å². The molecule has 0 aliphatic heterocycles. The van der Waals surface area contributed by atoms with Gasteiger partial charge in [-0.15, -0.1) is 0 Å². The van der Waals surface area contributed by atoms with Gasteiger partial charge >= 0.3 is 5.97 Å². The van der Waals surface area contributed by atoms with Gasteiger partial charge in [0.25, 0.3) is 0 Å². The summed E-state index contributed by atoms with van der Waals surface area (Å²) in [5, 5.41) is 8.26. The smallest absolute Gasteiger partial charge is 0.344 e. The molecule has 6 nitrogen and oxygen atoms in total. The van der Waals surface area contributed by atoms with Crippen LogP contribution in [-0.2, 0) is 6.54 Å². The topological polar surface area (TPSA) is 81.4 Å². The van der Waals surface area contributed by atoms with Gasteiger partial charge in [0.2, 0.25) is 11.4 Å². The average Bonchev–Trinajstić information content (AvgIpc) is 2.61. The zero-order chi connectivity index (χ0) is 19.0. The van der Waals surface area contributed by atoms with E-state index in [0.29, 0.717) is 11.8 Å². The molecule has 2 aromatic heterocycles. The largest absolute Gasteiger partial charge is 0.494 e. The zero-order valence-electron chi connectivity index (χ0n) is 13.3. The van der Waals surface area contributed by atoms with Crippen molar-refractivity contribution in [1.29, 1.82) is 0 Å². The second kappa shape index (κ2) is 6.51. The van der Waals surface area contributed by atoms with Crippen LogP contribution in [0.15, 0.2) is 35.3 Å². The lowest BCUT2D eigenvalue weighted by Gasteiger charge is -2.17. The molecule has 0 saturated carbocycles. The maximum absolute atomic E-state index is 14.8. The molecule has 3 rings (SSSR count). The fourth-order valence-corrected chi connectivity index (χ4v) is 2.66. The minimum Gasteiger partial charge on any atom is -0.494 e. The Morgan fingerprint density at radius 2 is 2.04 bits per heavy atom. The van der Waals surface area contributed by atoms with Gasteiger partial charge in [-0.05, 0) is 12.1 Å². The Balaban J connectivity index is 2.50. The molecule has 0 atom stereocenters.